The van der Waals surface area contributed by atoms with E-state index in [0.717, 1.165) is 36.0 Å². The Bertz CT molecular complexity index is 1430. The smallest absolute Gasteiger partial charge is 0.258 e. The third-order valence-electron chi connectivity index (χ3n) is 7.21. The number of carbonyl (C=O) groups is 1. The summed E-state index contributed by atoms with van der Waals surface area (Å²) in [6.07, 6.45) is 11.6. The fourth-order valence-corrected chi connectivity index (χ4v) is 5.05. The Morgan fingerprint density at radius 3 is 2.74 bits per heavy atom. The van der Waals surface area contributed by atoms with E-state index in [1.807, 2.05) is 54.1 Å². The van der Waals surface area contributed by atoms with Gasteiger partial charge in [0, 0.05) is 55.1 Å². The van der Waals surface area contributed by atoms with Gasteiger partial charge in [0.15, 0.2) is 0 Å². The monoisotopic (exact) mass is 525 g/mol. The Hall–Kier alpha value is -4.40. The molecule has 5 rings (SSSR count). The van der Waals surface area contributed by atoms with Crippen LogP contribution in [0.3, 0.4) is 0 Å². The molecule has 202 valence electrons. The van der Waals surface area contributed by atoms with Crippen LogP contribution in [0.4, 0.5) is 23.1 Å². The third kappa shape index (κ3) is 6.37. The zero-order valence-corrected chi connectivity index (χ0v) is 22.7. The molecule has 0 unspecified atom stereocenters. The zero-order valence-electron chi connectivity index (χ0n) is 22.7. The lowest BCUT2D eigenvalue weighted by molar-refractivity contribution is 0.0992. The number of rotatable bonds is 10. The van der Waals surface area contributed by atoms with E-state index in [1.165, 1.54) is 25.7 Å². The summed E-state index contributed by atoms with van der Waals surface area (Å²) in [4.78, 5) is 28.3. The first-order chi connectivity index (χ1) is 19.0. The number of methoxy groups -OCH3 is 1. The lowest BCUT2D eigenvalue weighted by Crippen LogP contribution is -2.26. The molecule has 1 aliphatic rings. The summed E-state index contributed by atoms with van der Waals surface area (Å²) >= 11 is 0. The number of amides is 1. The van der Waals surface area contributed by atoms with Gasteiger partial charge in [-0.15, -0.1) is 0 Å². The second-order valence-corrected chi connectivity index (χ2v) is 10.0. The molecule has 2 aromatic carbocycles. The van der Waals surface area contributed by atoms with Crippen LogP contribution in [0.1, 0.15) is 48.0 Å². The molecule has 0 atom stereocenters. The summed E-state index contributed by atoms with van der Waals surface area (Å²) in [5, 5.41) is 6.77. The van der Waals surface area contributed by atoms with E-state index in [9.17, 15) is 4.79 Å². The normalized spacial score (nSPS) is 13.3. The van der Waals surface area contributed by atoms with Crippen molar-refractivity contribution < 1.29 is 9.53 Å². The van der Waals surface area contributed by atoms with Crippen molar-refractivity contribution >= 4 is 29.0 Å². The lowest BCUT2D eigenvalue weighted by Gasteiger charge is -2.19. The van der Waals surface area contributed by atoms with E-state index in [2.05, 4.69) is 25.6 Å². The predicted molar refractivity (Wildman–Crippen MR) is 154 cm³/mol. The molecule has 2 heterocycles. The molecule has 0 radical (unpaired) electrons. The van der Waals surface area contributed by atoms with Gasteiger partial charge in [-0.1, -0.05) is 37.8 Å². The molecular weight excluding hydrogens is 490 g/mol. The molecule has 0 saturated heterocycles. The average Bonchev–Trinajstić information content (AvgIpc) is 3.65. The van der Waals surface area contributed by atoms with E-state index in [-0.39, 0.29) is 5.91 Å². The Morgan fingerprint density at radius 1 is 1.10 bits per heavy atom. The molecule has 0 bridgehead atoms. The zero-order chi connectivity index (χ0) is 27.2. The minimum Gasteiger partial charge on any atom is -0.497 e. The van der Waals surface area contributed by atoms with Gasteiger partial charge < -0.3 is 20.3 Å². The number of nitrogens with zero attached hydrogens (tertiary/aromatic N) is 5. The second-order valence-electron chi connectivity index (χ2n) is 10.0. The van der Waals surface area contributed by atoms with Crippen LogP contribution in [0.15, 0.2) is 67.3 Å². The summed E-state index contributed by atoms with van der Waals surface area (Å²) in [6.45, 7) is 2.90. The molecule has 1 amide bonds. The van der Waals surface area contributed by atoms with Crippen LogP contribution in [-0.4, -0.2) is 46.1 Å². The minimum absolute atomic E-state index is 0.144. The number of aryl methyl sites for hydroxylation is 1. The number of hydrogen-bond donors (Lipinski definition) is 2. The number of hydrogen-bond acceptors (Lipinski definition) is 7. The molecule has 1 aliphatic carbocycles. The predicted octanol–water partition coefficient (Wildman–Crippen LogP) is 5.99. The SMILES string of the molecule is COc1cc(Nc2nccn2-c2cc(NCCC3CCCC3)ncn2)cc(C(=O)N(C)c2cccc(C)c2)c1. The number of carbonyl (C=O) groups excluding carboxylic acids is 1. The molecule has 4 aromatic rings. The van der Waals surface area contributed by atoms with Gasteiger partial charge in [-0.2, -0.15) is 0 Å². The van der Waals surface area contributed by atoms with Crippen molar-refractivity contribution in [3.05, 3.63) is 78.4 Å². The maximum atomic E-state index is 13.4. The summed E-state index contributed by atoms with van der Waals surface area (Å²) in [7, 11) is 3.35. The van der Waals surface area contributed by atoms with Gasteiger partial charge in [-0.3, -0.25) is 9.36 Å². The van der Waals surface area contributed by atoms with E-state index in [0.29, 0.717) is 28.8 Å². The van der Waals surface area contributed by atoms with Gasteiger partial charge in [0.05, 0.1) is 7.11 Å². The topological polar surface area (TPSA) is 97.2 Å². The van der Waals surface area contributed by atoms with Crippen molar-refractivity contribution in [2.75, 3.05) is 36.2 Å². The molecule has 39 heavy (non-hydrogen) atoms. The van der Waals surface area contributed by atoms with Crippen LogP contribution in [0, 0.1) is 12.8 Å². The van der Waals surface area contributed by atoms with Crippen molar-refractivity contribution in [1.82, 2.24) is 19.5 Å². The molecule has 0 spiro atoms. The van der Waals surface area contributed by atoms with Crippen LogP contribution >= 0.6 is 0 Å². The number of anilines is 4. The summed E-state index contributed by atoms with van der Waals surface area (Å²) in [5.74, 6) is 3.27. The highest BCUT2D eigenvalue weighted by Crippen LogP contribution is 2.28. The molecule has 1 fully saturated rings. The number of nitrogens with one attached hydrogen (secondary N) is 2. The molecule has 0 aliphatic heterocycles. The van der Waals surface area contributed by atoms with Gasteiger partial charge >= 0.3 is 0 Å². The highest BCUT2D eigenvalue weighted by atomic mass is 16.5. The summed E-state index contributed by atoms with van der Waals surface area (Å²) < 4.78 is 7.36. The minimum atomic E-state index is -0.144. The molecule has 2 aromatic heterocycles. The number of aromatic nitrogens is 4. The van der Waals surface area contributed by atoms with Crippen LogP contribution in [0.25, 0.3) is 5.82 Å². The first-order valence-corrected chi connectivity index (χ1v) is 13.4. The highest BCUT2D eigenvalue weighted by Gasteiger charge is 2.17. The van der Waals surface area contributed by atoms with Crippen LogP contribution in [0.2, 0.25) is 0 Å². The summed E-state index contributed by atoms with van der Waals surface area (Å²) in [5.41, 5.74) is 3.08. The van der Waals surface area contributed by atoms with Gasteiger partial charge in [-0.05, 0) is 49.1 Å². The summed E-state index contributed by atoms with van der Waals surface area (Å²) in [6, 6.07) is 15.1. The third-order valence-corrected chi connectivity index (χ3v) is 7.21. The van der Waals surface area contributed by atoms with E-state index < -0.39 is 0 Å². The first kappa shape index (κ1) is 26.2. The second kappa shape index (κ2) is 12.0. The van der Waals surface area contributed by atoms with Crippen LogP contribution < -0.4 is 20.3 Å². The highest BCUT2D eigenvalue weighted by molar-refractivity contribution is 6.06. The van der Waals surface area contributed by atoms with Crippen molar-refractivity contribution in [3.8, 4) is 11.6 Å². The van der Waals surface area contributed by atoms with Crippen LogP contribution in [-0.2, 0) is 0 Å². The standard InChI is InChI=1S/C30H35N7O2/c1-21-7-6-10-25(15-21)36(2)29(38)23-16-24(18-26(17-23)39-3)35-30-32-13-14-37(30)28-19-27(33-20-34-28)31-12-11-22-8-4-5-9-22/h6-7,10,13-20,22H,4-5,8-9,11-12H2,1-3H3,(H,32,35)(H,31,33,34). The Balaban J connectivity index is 1.33. The van der Waals surface area contributed by atoms with E-state index in [4.69, 9.17) is 4.74 Å². The van der Waals surface area contributed by atoms with Crippen molar-refractivity contribution in [2.45, 2.75) is 39.0 Å². The number of benzene rings is 2. The van der Waals surface area contributed by atoms with E-state index >= 15 is 0 Å². The maximum absolute atomic E-state index is 13.4. The van der Waals surface area contributed by atoms with Gasteiger partial charge in [0.2, 0.25) is 5.95 Å². The van der Waals surface area contributed by atoms with Gasteiger partial charge in [0.25, 0.3) is 5.91 Å². The Morgan fingerprint density at radius 2 is 1.95 bits per heavy atom. The Kier molecular flexibility index (Phi) is 8.05. The van der Waals surface area contributed by atoms with Crippen LogP contribution in [0.5, 0.6) is 5.75 Å². The maximum Gasteiger partial charge on any atom is 0.258 e. The lowest BCUT2D eigenvalue weighted by atomic mass is 10.0. The quantitative estimate of drug-likeness (QED) is 0.262. The Labute approximate surface area is 229 Å². The first-order valence-electron chi connectivity index (χ1n) is 13.4. The molecule has 9 nitrogen and oxygen atoms in total. The number of imidazole rings is 1. The molecule has 1 saturated carbocycles. The molecule has 9 heteroatoms. The molecular formula is C30H35N7O2. The van der Waals surface area contributed by atoms with E-state index in [1.54, 1.807) is 43.7 Å². The fraction of sp³-hybridized carbons (Fsp3) is 0.333. The van der Waals surface area contributed by atoms with Gasteiger partial charge in [-0.25, -0.2) is 15.0 Å². The van der Waals surface area contributed by atoms with Crippen molar-refractivity contribution in [3.63, 3.8) is 0 Å². The average molecular weight is 526 g/mol. The fourth-order valence-electron chi connectivity index (χ4n) is 5.05. The van der Waals surface area contributed by atoms with Crippen molar-refractivity contribution in [2.24, 2.45) is 5.92 Å². The largest absolute Gasteiger partial charge is 0.497 e. The van der Waals surface area contributed by atoms with Crippen molar-refractivity contribution in [1.29, 1.82) is 0 Å². The molecule has 2 N–H and O–H groups in total. The van der Waals surface area contributed by atoms with Gasteiger partial charge in [0.1, 0.15) is 23.7 Å². The number of ether oxygens (including phenoxy) is 1.